The Balaban J connectivity index is 2.29. The molecule has 0 aromatic heterocycles. The first kappa shape index (κ1) is 6.77. The smallest absolute Gasteiger partial charge is 0.246 e. The van der Waals surface area contributed by atoms with Gasteiger partial charge in [0.1, 0.15) is 0 Å². The number of allylic oxidation sites excluding steroid dienone is 2. The van der Waals surface area contributed by atoms with Crippen molar-refractivity contribution in [3.63, 3.8) is 0 Å². The third kappa shape index (κ3) is 1.13. The summed E-state index contributed by atoms with van der Waals surface area (Å²) in [4.78, 5) is 0. The minimum atomic E-state index is -0.456. The van der Waals surface area contributed by atoms with Crippen LogP contribution in [0.4, 0.5) is 0 Å². The van der Waals surface area contributed by atoms with Crippen LogP contribution >= 0.6 is 0 Å². The lowest BCUT2D eigenvalue weighted by molar-refractivity contribution is -0.104. The van der Waals surface area contributed by atoms with Gasteiger partial charge in [-0.1, -0.05) is 0 Å². The van der Waals surface area contributed by atoms with Gasteiger partial charge in [0.05, 0.1) is 0 Å². The molecule has 0 amide bonds. The molecule has 1 aliphatic heterocycles. The maximum absolute atomic E-state index is 5.52. The highest BCUT2D eigenvalue weighted by Crippen LogP contribution is 2.36. The third-order valence-electron chi connectivity index (χ3n) is 1.78. The molecule has 11 heavy (non-hydrogen) atoms. The van der Waals surface area contributed by atoms with Gasteiger partial charge in [-0.25, -0.2) is 0 Å². The number of hydrogen-bond acceptors (Lipinski definition) is 2. The monoisotopic (exact) mass is 152 g/mol. The first-order chi connectivity index (χ1) is 5.17. The lowest BCUT2D eigenvalue weighted by Gasteiger charge is -2.14. The second kappa shape index (κ2) is 2.03. The van der Waals surface area contributed by atoms with E-state index in [2.05, 4.69) is 12.2 Å². The number of fused-ring (bicyclic) bond motifs is 1. The molecule has 2 heteroatoms. The van der Waals surface area contributed by atoms with Gasteiger partial charge in [0.15, 0.2) is 11.5 Å². The Labute approximate surface area is 66.5 Å². The molecule has 2 nitrogen and oxygen atoms in total. The molecule has 2 aliphatic rings. The molecular formula is C9H12O2. The van der Waals surface area contributed by atoms with E-state index in [4.69, 9.17) is 9.47 Å². The Morgan fingerprint density at radius 2 is 1.55 bits per heavy atom. The Morgan fingerprint density at radius 3 is 2.00 bits per heavy atom. The van der Waals surface area contributed by atoms with Gasteiger partial charge in [-0.05, 0) is 25.0 Å². The first-order valence-electron chi connectivity index (χ1n) is 3.96. The summed E-state index contributed by atoms with van der Waals surface area (Å²) in [6, 6.07) is 0. The molecule has 0 aromatic carbocycles. The van der Waals surface area contributed by atoms with E-state index in [9.17, 15) is 0 Å². The molecule has 60 valence electrons. The summed E-state index contributed by atoms with van der Waals surface area (Å²) in [6.07, 6.45) is 6.31. The van der Waals surface area contributed by atoms with E-state index < -0.39 is 5.79 Å². The van der Waals surface area contributed by atoms with Crippen LogP contribution in [0.1, 0.15) is 26.7 Å². The van der Waals surface area contributed by atoms with Crippen LogP contribution < -0.4 is 0 Å². The average Bonchev–Trinajstić information content (AvgIpc) is 2.21. The van der Waals surface area contributed by atoms with E-state index in [0.717, 1.165) is 24.4 Å². The van der Waals surface area contributed by atoms with Crippen LogP contribution in [-0.2, 0) is 9.47 Å². The van der Waals surface area contributed by atoms with Crippen molar-refractivity contribution in [2.75, 3.05) is 0 Å². The van der Waals surface area contributed by atoms with Gasteiger partial charge in [-0.3, -0.25) is 0 Å². The van der Waals surface area contributed by atoms with E-state index in [-0.39, 0.29) is 0 Å². The fraction of sp³-hybridized carbons (Fsp3) is 0.556. The Morgan fingerprint density at radius 1 is 1.09 bits per heavy atom. The van der Waals surface area contributed by atoms with Crippen LogP contribution in [0.15, 0.2) is 23.7 Å². The highest BCUT2D eigenvalue weighted by Gasteiger charge is 2.34. The maximum atomic E-state index is 5.52. The minimum Gasteiger partial charge on any atom is -0.449 e. The summed E-state index contributed by atoms with van der Waals surface area (Å²) in [7, 11) is 0. The van der Waals surface area contributed by atoms with Crippen molar-refractivity contribution in [1.82, 2.24) is 0 Å². The topological polar surface area (TPSA) is 18.5 Å². The molecule has 0 saturated carbocycles. The molecular weight excluding hydrogens is 140 g/mol. The standard InChI is InChI=1S/C9H12O2/c1-9(2)10-7-5-3-4-6-8(7)11-9/h5-6H,3-4H2,1-2H3. The van der Waals surface area contributed by atoms with Gasteiger partial charge in [0.2, 0.25) is 5.79 Å². The van der Waals surface area contributed by atoms with Gasteiger partial charge >= 0.3 is 0 Å². The molecule has 1 fully saturated rings. The molecule has 0 atom stereocenters. The number of hydrogen-bond donors (Lipinski definition) is 0. The summed E-state index contributed by atoms with van der Waals surface area (Å²) in [5.41, 5.74) is 0. The van der Waals surface area contributed by atoms with Gasteiger partial charge in [0, 0.05) is 13.8 Å². The molecule has 1 aliphatic carbocycles. The zero-order chi connectivity index (χ0) is 7.90. The van der Waals surface area contributed by atoms with Crippen LogP contribution in [-0.4, -0.2) is 5.79 Å². The number of rotatable bonds is 0. The molecule has 1 saturated heterocycles. The SMILES string of the molecule is CC1(C)OC2=CCCC=C2O1. The quantitative estimate of drug-likeness (QED) is 0.530. The molecule has 0 unspecified atom stereocenters. The van der Waals surface area contributed by atoms with Crippen molar-refractivity contribution in [2.24, 2.45) is 0 Å². The normalized spacial score (nSPS) is 26.0. The van der Waals surface area contributed by atoms with Crippen LogP contribution in [0.25, 0.3) is 0 Å². The molecule has 0 bridgehead atoms. The van der Waals surface area contributed by atoms with E-state index in [1.54, 1.807) is 0 Å². The summed E-state index contributed by atoms with van der Waals surface area (Å²) in [5, 5.41) is 0. The fourth-order valence-corrected chi connectivity index (χ4v) is 1.36. The van der Waals surface area contributed by atoms with Crippen LogP contribution in [0.3, 0.4) is 0 Å². The van der Waals surface area contributed by atoms with E-state index in [1.165, 1.54) is 0 Å². The fourth-order valence-electron chi connectivity index (χ4n) is 1.36. The summed E-state index contributed by atoms with van der Waals surface area (Å²) in [6.45, 7) is 3.85. The average molecular weight is 152 g/mol. The van der Waals surface area contributed by atoms with Gasteiger partial charge in [-0.2, -0.15) is 0 Å². The van der Waals surface area contributed by atoms with Gasteiger partial charge in [0.25, 0.3) is 0 Å². The lowest BCUT2D eigenvalue weighted by atomic mass is 10.1. The predicted molar refractivity (Wildman–Crippen MR) is 41.6 cm³/mol. The summed E-state index contributed by atoms with van der Waals surface area (Å²) in [5.74, 6) is 1.38. The van der Waals surface area contributed by atoms with Crippen LogP contribution in [0, 0.1) is 0 Å². The van der Waals surface area contributed by atoms with E-state index >= 15 is 0 Å². The summed E-state index contributed by atoms with van der Waals surface area (Å²) >= 11 is 0. The number of ether oxygens (including phenoxy) is 2. The third-order valence-corrected chi connectivity index (χ3v) is 1.78. The van der Waals surface area contributed by atoms with Crippen LogP contribution in [0.5, 0.6) is 0 Å². The molecule has 2 rings (SSSR count). The molecule has 0 radical (unpaired) electrons. The van der Waals surface area contributed by atoms with Gasteiger partial charge < -0.3 is 9.47 Å². The Bertz CT molecular complexity index is 212. The van der Waals surface area contributed by atoms with Crippen molar-refractivity contribution in [3.8, 4) is 0 Å². The first-order valence-corrected chi connectivity index (χ1v) is 3.96. The van der Waals surface area contributed by atoms with Crippen molar-refractivity contribution < 1.29 is 9.47 Å². The highest BCUT2D eigenvalue weighted by molar-refractivity contribution is 5.27. The van der Waals surface area contributed by atoms with Crippen molar-refractivity contribution in [3.05, 3.63) is 23.7 Å². The van der Waals surface area contributed by atoms with E-state index in [0.29, 0.717) is 0 Å². The maximum Gasteiger partial charge on any atom is 0.246 e. The van der Waals surface area contributed by atoms with Crippen molar-refractivity contribution in [1.29, 1.82) is 0 Å². The summed E-state index contributed by atoms with van der Waals surface area (Å²) < 4.78 is 11.0. The van der Waals surface area contributed by atoms with Crippen LogP contribution in [0.2, 0.25) is 0 Å². The second-order valence-corrected chi connectivity index (χ2v) is 3.32. The lowest BCUT2D eigenvalue weighted by Crippen LogP contribution is -2.18. The molecule has 0 spiro atoms. The highest BCUT2D eigenvalue weighted by atomic mass is 16.7. The second-order valence-electron chi connectivity index (χ2n) is 3.32. The molecule has 0 aromatic rings. The van der Waals surface area contributed by atoms with Crippen molar-refractivity contribution in [2.45, 2.75) is 32.5 Å². The Hall–Kier alpha value is -0.920. The van der Waals surface area contributed by atoms with Crippen molar-refractivity contribution >= 4 is 0 Å². The zero-order valence-electron chi connectivity index (χ0n) is 6.89. The zero-order valence-corrected chi connectivity index (χ0v) is 6.89. The van der Waals surface area contributed by atoms with E-state index in [1.807, 2.05) is 13.8 Å². The van der Waals surface area contributed by atoms with Gasteiger partial charge in [-0.15, -0.1) is 0 Å². The Kier molecular flexibility index (Phi) is 1.25. The molecule has 0 N–H and O–H groups in total. The largest absolute Gasteiger partial charge is 0.449 e. The predicted octanol–water partition coefficient (Wildman–Crippen LogP) is 2.33. The molecule has 1 heterocycles. The minimum absolute atomic E-state index is 0.456.